The summed E-state index contributed by atoms with van der Waals surface area (Å²) in [5.41, 5.74) is 3.20. The van der Waals surface area contributed by atoms with E-state index in [0.717, 1.165) is 16.8 Å². The van der Waals surface area contributed by atoms with Crippen molar-refractivity contribution >= 4 is 12.3 Å². The third-order valence-corrected chi connectivity index (χ3v) is 2.30. The van der Waals surface area contributed by atoms with Crippen molar-refractivity contribution in [3.8, 4) is 0 Å². The standard InChI is InChI=1S/C13H14FN.C2H6/c1-5-12(10(3)15-4)11-6-7-13(14)9(2)8-11;1-2/h5-8H,1,4H2,2-3H3;1-2H3/b12-10+;. The van der Waals surface area contributed by atoms with Crippen LogP contribution >= 0.6 is 0 Å². The Morgan fingerprint density at radius 2 is 1.94 bits per heavy atom. The zero-order chi connectivity index (χ0) is 13.4. The third kappa shape index (κ3) is 3.99. The zero-order valence-corrected chi connectivity index (χ0v) is 11.0. The Bertz CT molecular complexity index is 431. The first-order valence-corrected chi connectivity index (χ1v) is 5.66. The molecular weight excluding hydrogens is 213 g/mol. The fourth-order valence-electron chi connectivity index (χ4n) is 1.37. The summed E-state index contributed by atoms with van der Waals surface area (Å²) in [5, 5.41) is 0. The lowest BCUT2D eigenvalue weighted by molar-refractivity contribution is 0.618. The number of allylic oxidation sites excluding steroid dienone is 3. The Hall–Kier alpha value is -1.70. The summed E-state index contributed by atoms with van der Waals surface area (Å²) in [6.45, 7) is 14.8. The summed E-state index contributed by atoms with van der Waals surface area (Å²) < 4.78 is 13.1. The molecule has 0 atom stereocenters. The van der Waals surface area contributed by atoms with Crippen LogP contribution in [0.3, 0.4) is 0 Å². The van der Waals surface area contributed by atoms with Gasteiger partial charge in [0.1, 0.15) is 5.82 Å². The molecule has 0 bridgehead atoms. The first kappa shape index (κ1) is 15.3. The smallest absolute Gasteiger partial charge is 0.126 e. The monoisotopic (exact) mass is 233 g/mol. The number of benzene rings is 1. The lowest BCUT2D eigenvalue weighted by atomic mass is 10.0. The van der Waals surface area contributed by atoms with Crippen molar-refractivity contribution in [3.63, 3.8) is 0 Å². The van der Waals surface area contributed by atoms with E-state index in [1.54, 1.807) is 25.1 Å². The fraction of sp³-hybridized carbons (Fsp3) is 0.267. The van der Waals surface area contributed by atoms with Crippen molar-refractivity contribution in [1.29, 1.82) is 0 Å². The van der Waals surface area contributed by atoms with Gasteiger partial charge in [0.05, 0.1) is 0 Å². The molecular formula is C15H20FN. The molecule has 0 spiro atoms. The number of aliphatic imine (C=N–C) groups is 1. The number of rotatable bonds is 3. The van der Waals surface area contributed by atoms with Gasteiger partial charge in [0.25, 0.3) is 0 Å². The van der Waals surface area contributed by atoms with Gasteiger partial charge in [-0.15, -0.1) is 0 Å². The van der Waals surface area contributed by atoms with E-state index in [-0.39, 0.29) is 5.82 Å². The van der Waals surface area contributed by atoms with Crippen molar-refractivity contribution in [1.82, 2.24) is 0 Å². The summed E-state index contributed by atoms with van der Waals surface area (Å²) >= 11 is 0. The lowest BCUT2D eigenvalue weighted by Gasteiger charge is -2.06. The molecule has 1 nitrogen and oxygen atoms in total. The predicted molar refractivity (Wildman–Crippen MR) is 74.8 cm³/mol. The maximum absolute atomic E-state index is 13.1. The van der Waals surface area contributed by atoms with Gasteiger partial charge in [0.2, 0.25) is 0 Å². The van der Waals surface area contributed by atoms with Crippen LogP contribution in [-0.4, -0.2) is 6.72 Å². The van der Waals surface area contributed by atoms with E-state index >= 15 is 0 Å². The number of aryl methyl sites for hydroxylation is 1. The first-order chi connectivity index (χ1) is 8.10. The number of hydrogen-bond acceptors (Lipinski definition) is 1. The van der Waals surface area contributed by atoms with Crippen molar-refractivity contribution in [2.75, 3.05) is 0 Å². The molecule has 0 N–H and O–H groups in total. The van der Waals surface area contributed by atoms with Gasteiger partial charge in [-0.05, 0) is 43.8 Å². The second-order valence-electron chi connectivity index (χ2n) is 3.33. The maximum atomic E-state index is 13.1. The van der Waals surface area contributed by atoms with Gasteiger partial charge in [0, 0.05) is 11.3 Å². The molecule has 0 aliphatic rings. The predicted octanol–water partition coefficient (Wildman–Crippen LogP) is 4.78. The largest absolute Gasteiger partial charge is 0.269 e. The molecule has 0 radical (unpaired) electrons. The highest BCUT2D eigenvalue weighted by molar-refractivity contribution is 5.76. The fourth-order valence-corrected chi connectivity index (χ4v) is 1.37. The molecule has 0 unspecified atom stereocenters. The molecule has 17 heavy (non-hydrogen) atoms. The molecule has 0 aromatic heterocycles. The van der Waals surface area contributed by atoms with Crippen molar-refractivity contribution in [2.45, 2.75) is 27.7 Å². The number of halogens is 1. The molecule has 1 rings (SSSR count). The Morgan fingerprint density at radius 3 is 2.35 bits per heavy atom. The van der Waals surface area contributed by atoms with Crippen LogP contribution in [0.2, 0.25) is 0 Å². The van der Waals surface area contributed by atoms with E-state index in [2.05, 4.69) is 18.3 Å². The lowest BCUT2D eigenvalue weighted by Crippen LogP contribution is -1.88. The molecule has 1 aromatic carbocycles. The van der Waals surface area contributed by atoms with Gasteiger partial charge in [-0.1, -0.05) is 32.6 Å². The Kier molecular flexibility index (Phi) is 6.80. The second kappa shape index (κ2) is 7.55. The molecule has 1 aromatic rings. The summed E-state index contributed by atoms with van der Waals surface area (Å²) in [4.78, 5) is 3.85. The van der Waals surface area contributed by atoms with E-state index in [1.165, 1.54) is 6.07 Å². The molecule has 0 heterocycles. The molecule has 0 aliphatic heterocycles. The average Bonchev–Trinajstić information content (AvgIpc) is 2.36. The van der Waals surface area contributed by atoms with Crippen LogP contribution in [0.15, 0.2) is 41.5 Å². The SMILES string of the molecule is C=C/C(=C(/C)N=C)c1ccc(F)c(C)c1.CC. The Balaban J connectivity index is 0.00000121. The van der Waals surface area contributed by atoms with Gasteiger partial charge < -0.3 is 0 Å². The Labute approximate surface area is 103 Å². The molecule has 0 aliphatic carbocycles. The highest BCUT2D eigenvalue weighted by atomic mass is 19.1. The first-order valence-electron chi connectivity index (χ1n) is 5.66. The minimum Gasteiger partial charge on any atom is -0.269 e. The van der Waals surface area contributed by atoms with E-state index < -0.39 is 0 Å². The third-order valence-electron chi connectivity index (χ3n) is 2.30. The summed E-state index contributed by atoms with van der Waals surface area (Å²) in [7, 11) is 0. The Morgan fingerprint density at radius 1 is 1.35 bits per heavy atom. The van der Waals surface area contributed by atoms with E-state index in [4.69, 9.17) is 0 Å². The molecule has 0 saturated heterocycles. The molecule has 92 valence electrons. The number of hydrogen-bond donors (Lipinski definition) is 0. The highest BCUT2D eigenvalue weighted by Crippen LogP contribution is 2.22. The van der Waals surface area contributed by atoms with Crippen LogP contribution < -0.4 is 0 Å². The van der Waals surface area contributed by atoms with Gasteiger partial charge in [-0.25, -0.2) is 4.39 Å². The summed E-state index contributed by atoms with van der Waals surface area (Å²) in [6.07, 6.45) is 1.71. The van der Waals surface area contributed by atoms with Crippen molar-refractivity contribution < 1.29 is 4.39 Å². The quantitative estimate of drug-likeness (QED) is 0.526. The van der Waals surface area contributed by atoms with Crippen LogP contribution in [-0.2, 0) is 0 Å². The molecule has 0 saturated carbocycles. The average molecular weight is 233 g/mol. The molecule has 2 heteroatoms. The van der Waals surface area contributed by atoms with Crippen LogP contribution in [0.25, 0.3) is 5.57 Å². The van der Waals surface area contributed by atoms with Gasteiger partial charge >= 0.3 is 0 Å². The normalized spacial score (nSPS) is 10.9. The van der Waals surface area contributed by atoms with Crippen LogP contribution in [0.5, 0.6) is 0 Å². The van der Waals surface area contributed by atoms with Crippen LogP contribution in [0.1, 0.15) is 31.9 Å². The number of nitrogens with zero attached hydrogens (tertiary/aromatic N) is 1. The van der Waals surface area contributed by atoms with Gasteiger partial charge in [-0.2, -0.15) is 0 Å². The van der Waals surface area contributed by atoms with Crippen molar-refractivity contribution in [3.05, 3.63) is 53.5 Å². The summed E-state index contributed by atoms with van der Waals surface area (Å²) in [6, 6.07) is 4.94. The second-order valence-corrected chi connectivity index (χ2v) is 3.33. The van der Waals surface area contributed by atoms with E-state index in [9.17, 15) is 4.39 Å². The van der Waals surface area contributed by atoms with Crippen molar-refractivity contribution in [2.24, 2.45) is 4.99 Å². The van der Waals surface area contributed by atoms with Crippen LogP contribution in [0.4, 0.5) is 4.39 Å². The van der Waals surface area contributed by atoms with E-state index in [1.807, 2.05) is 20.8 Å². The highest BCUT2D eigenvalue weighted by Gasteiger charge is 2.04. The minimum atomic E-state index is -0.202. The zero-order valence-electron chi connectivity index (χ0n) is 11.0. The van der Waals surface area contributed by atoms with E-state index in [0.29, 0.717) is 5.56 Å². The summed E-state index contributed by atoms with van der Waals surface area (Å²) in [5.74, 6) is -0.202. The van der Waals surface area contributed by atoms with Gasteiger partial charge in [-0.3, -0.25) is 4.99 Å². The minimum absolute atomic E-state index is 0.202. The molecule has 0 amide bonds. The topological polar surface area (TPSA) is 12.4 Å². The maximum Gasteiger partial charge on any atom is 0.126 e. The van der Waals surface area contributed by atoms with Gasteiger partial charge in [0.15, 0.2) is 0 Å². The van der Waals surface area contributed by atoms with Crippen LogP contribution in [0, 0.1) is 12.7 Å². The molecule has 0 fully saturated rings.